The van der Waals surface area contributed by atoms with Gasteiger partial charge in [-0.05, 0) is 86.2 Å². The molecule has 38 heavy (non-hydrogen) atoms. The molecule has 194 valence electrons. The van der Waals surface area contributed by atoms with Crippen molar-refractivity contribution in [1.82, 2.24) is 0 Å². The maximum absolute atomic E-state index is 7.06. The van der Waals surface area contributed by atoms with Crippen LogP contribution in [0.15, 0.2) is 77.8 Å². The van der Waals surface area contributed by atoms with E-state index in [1.807, 2.05) is 12.3 Å². The Balaban J connectivity index is 1.49. The van der Waals surface area contributed by atoms with E-state index >= 15 is 0 Å². The Labute approximate surface area is 225 Å². The second-order valence-corrected chi connectivity index (χ2v) is 10.7. The number of fused-ring (bicyclic) bond motifs is 4. The quantitative estimate of drug-likeness (QED) is 0.280. The molecule has 0 saturated heterocycles. The van der Waals surface area contributed by atoms with Crippen LogP contribution >= 0.6 is 0 Å². The van der Waals surface area contributed by atoms with Gasteiger partial charge in [-0.1, -0.05) is 36.4 Å². The third-order valence-electron chi connectivity index (χ3n) is 8.55. The fourth-order valence-corrected chi connectivity index (χ4v) is 6.24. The number of rotatable bonds is 5. The first-order valence-electron chi connectivity index (χ1n) is 13.4. The van der Waals surface area contributed by atoms with Crippen molar-refractivity contribution in [2.75, 3.05) is 37.0 Å². The molecule has 0 bridgehead atoms. The zero-order chi connectivity index (χ0) is 26.7. The first-order chi connectivity index (χ1) is 18.3. The molecule has 1 spiro atoms. The molecule has 0 radical (unpaired) electrons. The minimum atomic E-state index is -0.763. The van der Waals surface area contributed by atoms with Crippen molar-refractivity contribution in [1.29, 1.82) is 0 Å². The highest BCUT2D eigenvalue weighted by molar-refractivity contribution is 6.07. The Morgan fingerprint density at radius 2 is 1.63 bits per heavy atom. The lowest BCUT2D eigenvalue weighted by Crippen LogP contribution is -2.61. The molecule has 2 aliphatic heterocycles. The molecule has 4 aromatic rings. The van der Waals surface area contributed by atoms with Gasteiger partial charge in [-0.2, -0.15) is 0 Å². The van der Waals surface area contributed by atoms with Gasteiger partial charge in [-0.3, -0.25) is 4.99 Å². The summed E-state index contributed by atoms with van der Waals surface area (Å²) in [6, 6.07) is 25.8. The summed E-state index contributed by atoms with van der Waals surface area (Å²) < 4.78 is 12.6. The second kappa shape index (κ2) is 8.80. The zero-order valence-electron chi connectivity index (χ0n) is 23.1. The van der Waals surface area contributed by atoms with Crippen LogP contribution in [-0.4, -0.2) is 39.2 Å². The predicted molar refractivity (Wildman–Crippen MR) is 159 cm³/mol. The third kappa shape index (κ3) is 3.34. The van der Waals surface area contributed by atoms with E-state index in [-0.39, 0.29) is 5.41 Å². The van der Waals surface area contributed by atoms with Gasteiger partial charge in [0, 0.05) is 36.9 Å². The van der Waals surface area contributed by atoms with Gasteiger partial charge in [0.25, 0.3) is 0 Å². The van der Waals surface area contributed by atoms with Crippen LogP contribution in [0.2, 0.25) is 0 Å². The van der Waals surface area contributed by atoms with Gasteiger partial charge in [0.15, 0.2) is 0 Å². The zero-order valence-corrected chi connectivity index (χ0v) is 23.1. The maximum Gasteiger partial charge on any atom is 0.228 e. The molecule has 0 amide bonds. The van der Waals surface area contributed by atoms with Crippen molar-refractivity contribution >= 4 is 34.0 Å². The van der Waals surface area contributed by atoms with E-state index < -0.39 is 5.72 Å². The predicted octanol–water partition coefficient (Wildman–Crippen LogP) is 7.58. The van der Waals surface area contributed by atoms with Crippen LogP contribution in [0.4, 0.5) is 17.1 Å². The summed E-state index contributed by atoms with van der Waals surface area (Å²) in [5, 5.41) is 2.27. The van der Waals surface area contributed by atoms with Crippen LogP contribution in [0.3, 0.4) is 0 Å². The Bertz CT molecular complexity index is 1550. The molecule has 0 aromatic heterocycles. The van der Waals surface area contributed by atoms with E-state index in [1.165, 1.54) is 22.2 Å². The second-order valence-electron chi connectivity index (χ2n) is 10.7. The van der Waals surface area contributed by atoms with Crippen molar-refractivity contribution < 1.29 is 9.47 Å². The lowest BCUT2D eigenvalue weighted by molar-refractivity contribution is 0.0826. The Morgan fingerprint density at radius 3 is 2.32 bits per heavy atom. The van der Waals surface area contributed by atoms with Crippen LogP contribution in [-0.2, 0) is 5.41 Å². The van der Waals surface area contributed by atoms with Gasteiger partial charge < -0.3 is 19.3 Å². The van der Waals surface area contributed by atoms with E-state index in [9.17, 15) is 0 Å². The topological polar surface area (TPSA) is 37.3 Å². The number of anilines is 2. The van der Waals surface area contributed by atoms with Crippen molar-refractivity contribution in [2.24, 2.45) is 4.99 Å². The number of ether oxygens (including phenoxy) is 2. The molecule has 0 saturated carbocycles. The molecule has 1 unspecified atom stereocenters. The standard InChI is InChI=1S/C33H35N3O2/c1-7-36(8-2)23-15-13-22(14-16-23)27-20-30-31(26-12-10-9-11-25(26)27)34-21-33(38-30)32(3,4)28-19-24(37-6)17-18-29(28)35(33)5/h9-21H,7-8H2,1-6H3. The number of hydrogen-bond donors (Lipinski definition) is 0. The summed E-state index contributed by atoms with van der Waals surface area (Å²) in [6.07, 6.45) is 1.99. The summed E-state index contributed by atoms with van der Waals surface area (Å²) in [6.45, 7) is 10.8. The van der Waals surface area contributed by atoms with E-state index in [4.69, 9.17) is 14.5 Å². The molecule has 4 aromatic carbocycles. The summed E-state index contributed by atoms with van der Waals surface area (Å²) in [5.74, 6) is 1.64. The number of aliphatic imine (C=N–C) groups is 1. The molecule has 6 rings (SSSR count). The van der Waals surface area contributed by atoms with E-state index in [2.05, 4.69) is 111 Å². The molecule has 2 aliphatic rings. The number of benzene rings is 4. The minimum absolute atomic E-state index is 0.371. The van der Waals surface area contributed by atoms with Crippen molar-refractivity contribution in [2.45, 2.75) is 38.8 Å². The monoisotopic (exact) mass is 505 g/mol. The normalized spacial score (nSPS) is 18.8. The molecular formula is C33H35N3O2. The fraction of sp³-hybridized carbons (Fsp3) is 0.303. The van der Waals surface area contributed by atoms with Crippen molar-refractivity contribution in [3.63, 3.8) is 0 Å². The largest absolute Gasteiger partial charge is 0.497 e. The Kier molecular flexibility index (Phi) is 5.64. The van der Waals surface area contributed by atoms with E-state index in [0.717, 1.165) is 46.9 Å². The maximum atomic E-state index is 7.06. The average molecular weight is 506 g/mol. The van der Waals surface area contributed by atoms with Gasteiger partial charge in [0.05, 0.1) is 18.7 Å². The van der Waals surface area contributed by atoms with Crippen LogP contribution in [0.25, 0.3) is 21.9 Å². The van der Waals surface area contributed by atoms with Gasteiger partial charge >= 0.3 is 0 Å². The molecule has 1 atom stereocenters. The highest BCUT2D eigenvalue weighted by Gasteiger charge is 2.58. The first kappa shape index (κ1) is 24.4. The molecular weight excluding hydrogens is 470 g/mol. The summed E-state index contributed by atoms with van der Waals surface area (Å²) in [4.78, 5) is 9.67. The lowest BCUT2D eigenvalue weighted by atomic mass is 9.77. The van der Waals surface area contributed by atoms with Crippen LogP contribution in [0.5, 0.6) is 11.5 Å². The molecule has 5 nitrogen and oxygen atoms in total. The van der Waals surface area contributed by atoms with Crippen molar-refractivity contribution in [3.05, 3.63) is 78.4 Å². The van der Waals surface area contributed by atoms with Crippen LogP contribution < -0.4 is 19.3 Å². The highest BCUT2D eigenvalue weighted by Crippen LogP contribution is 2.55. The third-order valence-corrected chi connectivity index (χ3v) is 8.55. The number of hydrogen-bond acceptors (Lipinski definition) is 5. The van der Waals surface area contributed by atoms with Crippen LogP contribution in [0.1, 0.15) is 33.3 Å². The minimum Gasteiger partial charge on any atom is -0.497 e. The van der Waals surface area contributed by atoms with Gasteiger partial charge in [-0.25, -0.2) is 0 Å². The Hall–Kier alpha value is -3.99. The number of nitrogens with zero attached hydrogens (tertiary/aromatic N) is 3. The molecule has 2 heterocycles. The summed E-state index contributed by atoms with van der Waals surface area (Å²) in [5.41, 5.74) is 5.61. The lowest BCUT2D eigenvalue weighted by Gasteiger charge is -2.45. The van der Waals surface area contributed by atoms with Crippen molar-refractivity contribution in [3.8, 4) is 22.6 Å². The fourth-order valence-electron chi connectivity index (χ4n) is 6.24. The van der Waals surface area contributed by atoms with Crippen LogP contribution in [0, 0.1) is 0 Å². The van der Waals surface area contributed by atoms with E-state index in [0.29, 0.717) is 0 Å². The summed E-state index contributed by atoms with van der Waals surface area (Å²) in [7, 11) is 3.80. The van der Waals surface area contributed by atoms with Gasteiger partial charge in [0.1, 0.15) is 17.2 Å². The number of likely N-dealkylation sites (N-methyl/N-ethyl adjacent to an activating group) is 1. The number of methoxy groups -OCH3 is 1. The average Bonchev–Trinajstić information content (AvgIpc) is 3.11. The Morgan fingerprint density at radius 1 is 0.921 bits per heavy atom. The molecule has 0 N–H and O–H groups in total. The molecule has 0 aliphatic carbocycles. The highest BCUT2D eigenvalue weighted by atomic mass is 16.5. The first-order valence-corrected chi connectivity index (χ1v) is 13.4. The van der Waals surface area contributed by atoms with E-state index in [1.54, 1.807) is 7.11 Å². The smallest absolute Gasteiger partial charge is 0.228 e. The molecule has 5 heteroatoms. The van der Waals surface area contributed by atoms with Gasteiger partial charge in [-0.15, -0.1) is 0 Å². The SMILES string of the molecule is CCN(CC)c1ccc(-c2cc3c(c4ccccc24)N=CC2(O3)N(C)c3ccc(OC)cc3C2(C)C)cc1. The summed E-state index contributed by atoms with van der Waals surface area (Å²) >= 11 is 0. The van der Waals surface area contributed by atoms with Gasteiger partial charge in [0.2, 0.25) is 5.72 Å². The molecule has 0 fully saturated rings.